The summed E-state index contributed by atoms with van der Waals surface area (Å²) in [6.45, 7) is 1.81. The van der Waals surface area contributed by atoms with E-state index in [1.807, 2.05) is 43.3 Å². The number of carbonyl (C=O) groups excluding carboxylic acids is 1. The van der Waals surface area contributed by atoms with E-state index in [0.29, 0.717) is 22.0 Å². The number of aromatic nitrogens is 2. The van der Waals surface area contributed by atoms with Crippen molar-refractivity contribution in [3.63, 3.8) is 0 Å². The van der Waals surface area contributed by atoms with Crippen LogP contribution in [-0.4, -0.2) is 22.2 Å². The zero-order valence-corrected chi connectivity index (χ0v) is 15.3. The molecule has 1 aromatic heterocycles. The predicted molar refractivity (Wildman–Crippen MR) is 104 cm³/mol. The van der Waals surface area contributed by atoms with Crippen molar-refractivity contribution in [2.24, 2.45) is 0 Å². The van der Waals surface area contributed by atoms with Crippen LogP contribution < -0.4 is 4.74 Å². The Balaban J connectivity index is 1.79. The molecule has 6 heteroatoms. The molecule has 0 aliphatic rings. The number of benzene rings is 2. The Labute approximate surface area is 162 Å². The number of nitriles is 1. The minimum atomic E-state index is -0.162. The molecule has 0 atom stereocenters. The monoisotopic (exact) mass is 377 g/mol. The maximum Gasteiger partial charge on any atom is 0.185 e. The van der Waals surface area contributed by atoms with Gasteiger partial charge in [-0.1, -0.05) is 29.8 Å². The van der Waals surface area contributed by atoms with Crippen molar-refractivity contribution in [3.8, 4) is 17.5 Å². The van der Waals surface area contributed by atoms with Gasteiger partial charge in [0.2, 0.25) is 0 Å². The zero-order chi connectivity index (χ0) is 19.2. The van der Waals surface area contributed by atoms with Crippen molar-refractivity contribution in [1.82, 2.24) is 9.78 Å². The molecule has 0 unspecified atom stereocenters. The van der Waals surface area contributed by atoms with Crippen molar-refractivity contribution < 1.29 is 9.53 Å². The van der Waals surface area contributed by atoms with E-state index in [0.717, 1.165) is 11.4 Å². The fourth-order valence-electron chi connectivity index (χ4n) is 2.53. The summed E-state index contributed by atoms with van der Waals surface area (Å²) in [5.74, 6) is 0.380. The quantitative estimate of drug-likeness (QED) is 0.464. The standard InChI is InChI=1S/C21H16ClN3O2/c1-15-19(21(22)25(24-15)17-5-3-2-4-6-17)11-12-20(26)16-7-9-18(10-8-16)27-14-13-23/h2-12H,14H2,1H3/b12-11+. The van der Waals surface area contributed by atoms with E-state index in [2.05, 4.69) is 5.10 Å². The van der Waals surface area contributed by atoms with Crippen molar-refractivity contribution in [1.29, 1.82) is 5.26 Å². The summed E-state index contributed by atoms with van der Waals surface area (Å²) in [7, 11) is 0. The van der Waals surface area contributed by atoms with Gasteiger partial charge in [-0.25, -0.2) is 4.68 Å². The molecular weight excluding hydrogens is 362 g/mol. The number of para-hydroxylation sites is 1. The Bertz CT molecular complexity index is 1020. The molecule has 0 fully saturated rings. The van der Waals surface area contributed by atoms with Crippen LogP contribution in [0.2, 0.25) is 5.15 Å². The van der Waals surface area contributed by atoms with E-state index >= 15 is 0 Å². The first-order valence-electron chi connectivity index (χ1n) is 8.23. The predicted octanol–water partition coefficient (Wildman–Crippen LogP) is 4.63. The lowest BCUT2D eigenvalue weighted by molar-refractivity contribution is 0.104. The van der Waals surface area contributed by atoms with Gasteiger partial charge >= 0.3 is 0 Å². The minimum absolute atomic E-state index is 0.0314. The first-order chi connectivity index (χ1) is 13.1. The minimum Gasteiger partial charge on any atom is -0.479 e. The van der Waals surface area contributed by atoms with E-state index in [4.69, 9.17) is 21.6 Å². The van der Waals surface area contributed by atoms with Crippen LogP contribution in [0, 0.1) is 18.3 Å². The highest BCUT2D eigenvalue weighted by atomic mass is 35.5. The Hall–Kier alpha value is -3.36. The van der Waals surface area contributed by atoms with Crippen LogP contribution in [0.5, 0.6) is 5.75 Å². The molecule has 2 aromatic carbocycles. The summed E-state index contributed by atoms with van der Waals surface area (Å²) in [5.41, 5.74) is 2.79. The summed E-state index contributed by atoms with van der Waals surface area (Å²) >= 11 is 6.46. The van der Waals surface area contributed by atoms with Crippen LogP contribution in [0.3, 0.4) is 0 Å². The fourth-order valence-corrected chi connectivity index (χ4v) is 2.86. The Morgan fingerprint density at radius 1 is 1.22 bits per heavy atom. The van der Waals surface area contributed by atoms with E-state index in [1.165, 1.54) is 6.08 Å². The van der Waals surface area contributed by atoms with Gasteiger partial charge in [0.1, 0.15) is 17.0 Å². The van der Waals surface area contributed by atoms with Gasteiger partial charge in [0.25, 0.3) is 0 Å². The molecule has 0 radical (unpaired) electrons. The number of halogens is 1. The van der Waals surface area contributed by atoms with E-state index in [1.54, 1.807) is 35.0 Å². The number of ketones is 1. The van der Waals surface area contributed by atoms with Gasteiger partial charge in [-0.2, -0.15) is 10.4 Å². The summed E-state index contributed by atoms with van der Waals surface area (Å²) in [4.78, 5) is 12.4. The Kier molecular flexibility index (Phi) is 5.70. The van der Waals surface area contributed by atoms with Crippen LogP contribution in [0.4, 0.5) is 0 Å². The maximum atomic E-state index is 12.4. The second-order valence-electron chi connectivity index (χ2n) is 5.71. The summed E-state index contributed by atoms with van der Waals surface area (Å²) in [6, 6.07) is 18.1. The van der Waals surface area contributed by atoms with E-state index in [9.17, 15) is 4.79 Å². The molecule has 134 valence electrons. The van der Waals surface area contributed by atoms with Gasteiger partial charge in [-0.3, -0.25) is 4.79 Å². The zero-order valence-electron chi connectivity index (χ0n) is 14.6. The van der Waals surface area contributed by atoms with E-state index < -0.39 is 0 Å². The molecular formula is C21H16ClN3O2. The van der Waals surface area contributed by atoms with Crippen LogP contribution in [-0.2, 0) is 0 Å². The van der Waals surface area contributed by atoms with Crippen molar-refractivity contribution in [2.45, 2.75) is 6.92 Å². The van der Waals surface area contributed by atoms with Gasteiger partial charge in [0.15, 0.2) is 12.4 Å². The largest absolute Gasteiger partial charge is 0.479 e. The van der Waals surface area contributed by atoms with Crippen LogP contribution >= 0.6 is 11.6 Å². The Morgan fingerprint density at radius 2 is 1.93 bits per heavy atom. The normalized spacial score (nSPS) is 10.7. The molecule has 5 nitrogen and oxygen atoms in total. The number of hydrogen-bond acceptors (Lipinski definition) is 4. The average molecular weight is 378 g/mol. The van der Waals surface area contributed by atoms with Crippen molar-refractivity contribution in [2.75, 3.05) is 6.61 Å². The lowest BCUT2D eigenvalue weighted by atomic mass is 10.1. The molecule has 0 N–H and O–H groups in total. The molecule has 0 bridgehead atoms. The number of hydrogen-bond donors (Lipinski definition) is 0. The molecule has 1 heterocycles. The smallest absolute Gasteiger partial charge is 0.185 e. The maximum absolute atomic E-state index is 12.4. The van der Waals surface area contributed by atoms with Gasteiger partial charge in [0, 0.05) is 11.1 Å². The molecule has 3 aromatic rings. The molecule has 0 amide bonds. The first-order valence-corrected chi connectivity index (χ1v) is 8.60. The Morgan fingerprint density at radius 3 is 2.59 bits per heavy atom. The molecule has 0 aliphatic carbocycles. The fraction of sp³-hybridized carbons (Fsp3) is 0.0952. The SMILES string of the molecule is Cc1nn(-c2ccccc2)c(Cl)c1/C=C/C(=O)c1ccc(OCC#N)cc1. The highest BCUT2D eigenvalue weighted by Gasteiger charge is 2.13. The summed E-state index contributed by atoms with van der Waals surface area (Å²) in [6.07, 6.45) is 3.14. The second-order valence-corrected chi connectivity index (χ2v) is 6.06. The topological polar surface area (TPSA) is 67.9 Å². The molecule has 0 spiro atoms. The average Bonchev–Trinajstić information content (AvgIpc) is 2.99. The number of allylic oxidation sites excluding steroid dienone is 1. The number of carbonyl (C=O) groups is 1. The van der Waals surface area contributed by atoms with Gasteiger partial charge in [0.05, 0.1) is 11.4 Å². The van der Waals surface area contributed by atoms with Gasteiger partial charge in [-0.15, -0.1) is 0 Å². The van der Waals surface area contributed by atoms with Crippen LogP contribution in [0.1, 0.15) is 21.6 Å². The lowest BCUT2D eigenvalue weighted by Crippen LogP contribution is -1.97. The first kappa shape index (κ1) is 18.4. The van der Waals surface area contributed by atoms with Gasteiger partial charge < -0.3 is 4.74 Å². The highest BCUT2D eigenvalue weighted by Crippen LogP contribution is 2.25. The molecule has 3 rings (SSSR count). The third kappa shape index (κ3) is 4.25. The van der Waals surface area contributed by atoms with Gasteiger partial charge in [-0.05, 0) is 55.5 Å². The number of nitrogens with zero attached hydrogens (tertiary/aromatic N) is 3. The third-order valence-electron chi connectivity index (χ3n) is 3.89. The molecule has 27 heavy (non-hydrogen) atoms. The highest BCUT2D eigenvalue weighted by molar-refractivity contribution is 6.31. The molecule has 0 saturated heterocycles. The summed E-state index contributed by atoms with van der Waals surface area (Å²) < 4.78 is 6.82. The summed E-state index contributed by atoms with van der Waals surface area (Å²) in [5, 5.41) is 13.4. The van der Waals surface area contributed by atoms with Crippen molar-refractivity contribution >= 4 is 23.5 Å². The van der Waals surface area contributed by atoms with Crippen LogP contribution in [0.15, 0.2) is 60.7 Å². The number of aryl methyl sites for hydroxylation is 1. The lowest BCUT2D eigenvalue weighted by Gasteiger charge is -2.02. The molecule has 0 aliphatic heterocycles. The second kappa shape index (κ2) is 8.35. The van der Waals surface area contributed by atoms with Crippen LogP contribution in [0.25, 0.3) is 11.8 Å². The third-order valence-corrected chi connectivity index (χ3v) is 4.26. The number of ether oxygens (including phenoxy) is 1. The van der Waals surface area contributed by atoms with Crippen molar-refractivity contribution in [3.05, 3.63) is 82.6 Å². The molecule has 0 saturated carbocycles. The van der Waals surface area contributed by atoms with E-state index in [-0.39, 0.29) is 12.4 Å². The number of rotatable bonds is 6.